The fourth-order valence-electron chi connectivity index (χ4n) is 2.89. The molecule has 3 nitrogen and oxygen atoms in total. The van der Waals surface area contributed by atoms with Crippen LogP contribution in [0.4, 0.5) is 0 Å². The summed E-state index contributed by atoms with van der Waals surface area (Å²) in [4.78, 5) is 14.7. The van der Waals surface area contributed by atoms with Crippen molar-refractivity contribution in [3.8, 4) is 0 Å². The number of likely N-dealkylation sites (tertiary alicyclic amines) is 1. The molecule has 18 heavy (non-hydrogen) atoms. The quantitative estimate of drug-likeness (QED) is 0.908. The zero-order valence-electron chi connectivity index (χ0n) is 10.2. The van der Waals surface area contributed by atoms with Gasteiger partial charge < -0.3 is 10.0 Å². The lowest BCUT2D eigenvalue weighted by Gasteiger charge is -2.20. The number of aliphatic carboxylic acids is 1. The molecule has 96 valence electrons. The van der Waals surface area contributed by atoms with Crippen molar-refractivity contribution in [1.82, 2.24) is 4.90 Å². The van der Waals surface area contributed by atoms with E-state index in [4.69, 9.17) is 5.11 Å². The molecule has 2 atom stereocenters. The van der Waals surface area contributed by atoms with Crippen molar-refractivity contribution in [2.75, 3.05) is 25.4 Å². The molecule has 0 aromatic heterocycles. The van der Waals surface area contributed by atoms with E-state index in [2.05, 4.69) is 29.2 Å². The molecule has 0 amide bonds. The summed E-state index contributed by atoms with van der Waals surface area (Å²) in [6.07, 6.45) is 0.802. The van der Waals surface area contributed by atoms with E-state index in [1.165, 1.54) is 10.5 Å². The molecule has 0 spiro atoms. The standard InChI is InChI=1S/C14H17NO2S/c16-14(17)10-5-6-15(7-10)8-11-9-18-13-4-2-1-3-12(11)13/h1-4,10-11H,5-9H2,(H,16,17). The molecule has 2 aliphatic heterocycles. The van der Waals surface area contributed by atoms with Crippen LogP contribution in [0.3, 0.4) is 0 Å². The highest BCUT2D eigenvalue weighted by molar-refractivity contribution is 7.99. The predicted molar refractivity (Wildman–Crippen MR) is 72.1 cm³/mol. The summed E-state index contributed by atoms with van der Waals surface area (Å²) in [7, 11) is 0. The van der Waals surface area contributed by atoms with Gasteiger partial charge in [0, 0.05) is 29.7 Å². The molecule has 0 aliphatic carbocycles. The highest BCUT2D eigenvalue weighted by atomic mass is 32.2. The molecule has 0 radical (unpaired) electrons. The van der Waals surface area contributed by atoms with Crippen LogP contribution in [0, 0.1) is 5.92 Å². The number of carboxylic acid groups (broad SMARTS) is 1. The van der Waals surface area contributed by atoms with Crippen LogP contribution >= 0.6 is 11.8 Å². The smallest absolute Gasteiger partial charge is 0.307 e. The Hall–Kier alpha value is -1.00. The minimum Gasteiger partial charge on any atom is -0.481 e. The number of hydrogen-bond acceptors (Lipinski definition) is 3. The van der Waals surface area contributed by atoms with Crippen molar-refractivity contribution in [2.45, 2.75) is 17.2 Å². The normalized spacial score (nSPS) is 27.3. The monoisotopic (exact) mass is 263 g/mol. The summed E-state index contributed by atoms with van der Waals surface area (Å²) in [5.41, 5.74) is 1.45. The number of carbonyl (C=O) groups is 1. The van der Waals surface area contributed by atoms with Gasteiger partial charge in [-0.15, -0.1) is 11.8 Å². The Morgan fingerprint density at radius 2 is 2.28 bits per heavy atom. The third kappa shape index (κ3) is 2.27. The van der Waals surface area contributed by atoms with Gasteiger partial charge in [-0.1, -0.05) is 18.2 Å². The van der Waals surface area contributed by atoms with Crippen molar-refractivity contribution >= 4 is 17.7 Å². The van der Waals surface area contributed by atoms with E-state index in [1.807, 2.05) is 11.8 Å². The Balaban J connectivity index is 1.64. The summed E-state index contributed by atoms with van der Waals surface area (Å²) in [5, 5.41) is 9.02. The lowest BCUT2D eigenvalue weighted by Crippen LogP contribution is -2.28. The Morgan fingerprint density at radius 1 is 1.44 bits per heavy atom. The lowest BCUT2D eigenvalue weighted by molar-refractivity contribution is -0.141. The van der Waals surface area contributed by atoms with E-state index in [9.17, 15) is 4.79 Å². The summed E-state index contributed by atoms with van der Waals surface area (Å²) in [6, 6.07) is 8.58. The molecule has 1 aromatic rings. The largest absolute Gasteiger partial charge is 0.481 e. The van der Waals surface area contributed by atoms with Gasteiger partial charge in [-0.3, -0.25) is 4.79 Å². The second-order valence-corrected chi connectivity index (χ2v) is 6.19. The Kier molecular flexibility index (Phi) is 3.31. The Morgan fingerprint density at radius 3 is 3.06 bits per heavy atom. The molecule has 2 unspecified atom stereocenters. The molecular formula is C14H17NO2S. The average molecular weight is 263 g/mol. The molecule has 3 rings (SSSR count). The lowest BCUT2D eigenvalue weighted by atomic mass is 10.0. The average Bonchev–Trinajstić information content (AvgIpc) is 2.98. The van der Waals surface area contributed by atoms with E-state index in [1.54, 1.807) is 0 Å². The van der Waals surface area contributed by atoms with Crippen LogP contribution in [-0.2, 0) is 4.79 Å². The Labute approximate surface area is 111 Å². The zero-order chi connectivity index (χ0) is 12.5. The van der Waals surface area contributed by atoms with Crippen molar-refractivity contribution in [3.05, 3.63) is 29.8 Å². The fraction of sp³-hybridized carbons (Fsp3) is 0.500. The van der Waals surface area contributed by atoms with Crippen LogP contribution < -0.4 is 0 Å². The molecule has 2 aliphatic rings. The van der Waals surface area contributed by atoms with Gasteiger partial charge in [0.15, 0.2) is 0 Å². The summed E-state index contributed by atoms with van der Waals surface area (Å²) in [6.45, 7) is 2.66. The third-order valence-electron chi connectivity index (χ3n) is 3.90. The van der Waals surface area contributed by atoms with E-state index in [-0.39, 0.29) is 5.92 Å². The second kappa shape index (κ2) is 4.94. The van der Waals surface area contributed by atoms with Crippen LogP contribution in [-0.4, -0.2) is 41.4 Å². The topological polar surface area (TPSA) is 40.5 Å². The highest BCUT2D eigenvalue weighted by Gasteiger charge is 2.31. The molecule has 1 fully saturated rings. The van der Waals surface area contributed by atoms with Gasteiger partial charge in [0.25, 0.3) is 0 Å². The molecular weight excluding hydrogens is 246 g/mol. The molecule has 0 saturated carbocycles. The van der Waals surface area contributed by atoms with E-state index in [0.29, 0.717) is 5.92 Å². The molecule has 1 saturated heterocycles. The molecule has 1 N–H and O–H groups in total. The van der Waals surface area contributed by atoms with E-state index < -0.39 is 5.97 Å². The van der Waals surface area contributed by atoms with Gasteiger partial charge in [0.05, 0.1) is 5.92 Å². The summed E-state index contributed by atoms with van der Waals surface area (Å²) in [5.74, 6) is 0.903. The van der Waals surface area contributed by atoms with Crippen LogP contribution in [0.15, 0.2) is 29.2 Å². The number of nitrogens with zero attached hydrogens (tertiary/aromatic N) is 1. The summed E-state index contributed by atoms with van der Waals surface area (Å²) < 4.78 is 0. The first-order chi connectivity index (χ1) is 8.74. The minimum absolute atomic E-state index is 0.158. The van der Waals surface area contributed by atoms with Crippen molar-refractivity contribution in [1.29, 1.82) is 0 Å². The minimum atomic E-state index is -0.640. The van der Waals surface area contributed by atoms with Gasteiger partial charge >= 0.3 is 5.97 Å². The number of benzene rings is 1. The number of hydrogen-bond donors (Lipinski definition) is 1. The SMILES string of the molecule is O=C(O)C1CCN(CC2CSc3ccccc32)C1. The summed E-state index contributed by atoms with van der Waals surface area (Å²) >= 11 is 1.92. The zero-order valence-corrected chi connectivity index (χ0v) is 11.0. The Bertz CT molecular complexity index is 463. The molecule has 4 heteroatoms. The maximum atomic E-state index is 11.0. The first-order valence-electron chi connectivity index (χ1n) is 6.41. The number of fused-ring (bicyclic) bond motifs is 1. The number of thioether (sulfide) groups is 1. The van der Waals surface area contributed by atoms with Crippen molar-refractivity contribution < 1.29 is 9.90 Å². The first kappa shape index (κ1) is 12.1. The van der Waals surface area contributed by atoms with Crippen LogP contribution in [0.5, 0.6) is 0 Å². The van der Waals surface area contributed by atoms with Crippen molar-refractivity contribution in [3.63, 3.8) is 0 Å². The number of carboxylic acids is 1. The van der Waals surface area contributed by atoms with E-state index >= 15 is 0 Å². The van der Waals surface area contributed by atoms with Crippen LogP contribution in [0.25, 0.3) is 0 Å². The fourth-order valence-corrected chi connectivity index (χ4v) is 4.13. The maximum absolute atomic E-state index is 11.0. The van der Waals surface area contributed by atoms with Crippen LogP contribution in [0.1, 0.15) is 17.9 Å². The van der Waals surface area contributed by atoms with Gasteiger partial charge in [0.2, 0.25) is 0 Å². The van der Waals surface area contributed by atoms with E-state index in [0.717, 1.165) is 31.8 Å². The molecule has 0 bridgehead atoms. The first-order valence-corrected chi connectivity index (χ1v) is 7.39. The molecule has 2 heterocycles. The van der Waals surface area contributed by atoms with Gasteiger partial charge in [-0.25, -0.2) is 0 Å². The van der Waals surface area contributed by atoms with Crippen molar-refractivity contribution in [2.24, 2.45) is 5.92 Å². The highest BCUT2D eigenvalue weighted by Crippen LogP contribution is 2.40. The maximum Gasteiger partial charge on any atom is 0.307 e. The van der Waals surface area contributed by atoms with Crippen LogP contribution in [0.2, 0.25) is 0 Å². The van der Waals surface area contributed by atoms with Gasteiger partial charge in [-0.2, -0.15) is 0 Å². The second-order valence-electron chi connectivity index (χ2n) is 5.13. The molecule has 1 aromatic carbocycles. The van der Waals surface area contributed by atoms with Gasteiger partial charge in [-0.05, 0) is 24.6 Å². The third-order valence-corrected chi connectivity index (χ3v) is 5.15. The van der Waals surface area contributed by atoms with Gasteiger partial charge in [0.1, 0.15) is 0 Å². The number of rotatable bonds is 3. The predicted octanol–water partition coefficient (Wildman–Crippen LogP) is 2.28.